The number of methoxy groups -OCH3 is 1. The maximum atomic E-state index is 13.2. The third kappa shape index (κ3) is 4.69. The highest BCUT2D eigenvalue weighted by Crippen LogP contribution is 2.33. The molecule has 178 valence electrons. The first-order valence-electron chi connectivity index (χ1n) is 11.2. The topological polar surface area (TPSA) is 116 Å². The molecular formula is C25H25N7O3. The van der Waals surface area contributed by atoms with Crippen LogP contribution in [0.25, 0.3) is 11.5 Å². The number of nitrogens with one attached hydrogen (secondary N) is 2. The summed E-state index contributed by atoms with van der Waals surface area (Å²) in [4.78, 5) is 21.3. The van der Waals surface area contributed by atoms with Gasteiger partial charge in [-0.1, -0.05) is 24.3 Å². The average Bonchev–Trinajstić information content (AvgIpc) is 3.28. The first kappa shape index (κ1) is 22.5. The lowest BCUT2D eigenvalue weighted by molar-refractivity contribution is 0.0156. The van der Waals surface area contributed by atoms with Crippen LogP contribution in [0.1, 0.15) is 27.8 Å². The van der Waals surface area contributed by atoms with Gasteiger partial charge in [0.2, 0.25) is 0 Å². The second kappa shape index (κ2) is 9.90. The molecule has 10 nitrogen and oxygen atoms in total. The highest BCUT2D eigenvalue weighted by molar-refractivity contribution is 5.95. The molecule has 35 heavy (non-hydrogen) atoms. The van der Waals surface area contributed by atoms with E-state index in [2.05, 4.69) is 30.8 Å². The van der Waals surface area contributed by atoms with Crippen LogP contribution in [-0.2, 0) is 18.3 Å². The summed E-state index contributed by atoms with van der Waals surface area (Å²) in [7, 11) is 3.50. The van der Waals surface area contributed by atoms with Crippen molar-refractivity contribution in [3.8, 4) is 17.3 Å². The number of anilines is 1. The van der Waals surface area contributed by atoms with Crippen molar-refractivity contribution in [1.82, 2.24) is 30.0 Å². The molecule has 0 spiro atoms. The van der Waals surface area contributed by atoms with Gasteiger partial charge in [0.05, 0.1) is 12.6 Å². The van der Waals surface area contributed by atoms with Crippen molar-refractivity contribution in [2.75, 3.05) is 19.0 Å². The molecule has 2 N–H and O–H groups in total. The Morgan fingerprint density at radius 1 is 1.17 bits per heavy atom. The van der Waals surface area contributed by atoms with Crippen molar-refractivity contribution in [2.24, 2.45) is 7.05 Å². The molecule has 0 aliphatic carbocycles. The molecule has 2 aromatic heterocycles. The number of carbonyl (C=O) groups excluding carboxylic acids is 1. The van der Waals surface area contributed by atoms with Gasteiger partial charge >= 0.3 is 0 Å². The van der Waals surface area contributed by atoms with E-state index in [0.717, 1.165) is 22.8 Å². The molecule has 3 heterocycles. The summed E-state index contributed by atoms with van der Waals surface area (Å²) in [5.41, 5.74) is 2.92. The number of para-hydroxylation sites is 1. The number of benzene rings is 2. The number of fused-ring (bicyclic) bond motifs is 1. The normalized spacial score (nSPS) is 16.7. The van der Waals surface area contributed by atoms with Gasteiger partial charge in [-0.25, -0.2) is 9.97 Å². The van der Waals surface area contributed by atoms with Crippen molar-refractivity contribution in [3.63, 3.8) is 0 Å². The SMILES string of the molecule is COC1COc2ccccc2C1NC(=O)c1cccc(NCc2nnc(-c3ccncn3)n2C)c1. The molecule has 2 atom stereocenters. The molecule has 4 aromatic rings. The van der Waals surface area contributed by atoms with E-state index < -0.39 is 0 Å². The molecular weight excluding hydrogens is 446 g/mol. The van der Waals surface area contributed by atoms with Crippen molar-refractivity contribution in [1.29, 1.82) is 0 Å². The van der Waals surface area contributed by atoms with Crippen molar-refractivity contribution < 1.29 is 14.3 Å². The van der Waals surface area contributed by atoms with Gasteiger partial charge in [-0.2, -0.15) is 0 Å². The van der Waals surface area contributed by atoms with E-state index >= 15 is 0 Å². The average molecular weight is 472 g/mol. The number of amides is 1. The van der Waals surface area contributed by atoms with E-state index in [1.807, 2.05) is 54.1 Å². The Hall–Kier alpha value is -4.31. The van der Waals surface area contributed by atoms with E-state index in [-0.39, 0.29) is 18.1 Å². The van der Waals surface area contributed by atoms with Crippen LogP contribution in [0.2, 0.25) is 0 Å². The van der Waals surface area contributed by atoms with Gasteiger partial charge < -0.3 is 24.7 Å². The van der Waals surface area contributed by atoms with Crippen LogP contribution in [0, 0.1) is 0 Å². The predicted molar refractivity (Wildman–Crippen MR) is 129 cm³/mol. The van der Waals surface area contributed by atoms with Crippen LogP contribution in [-0.4, -0.2) is 50.5 Å². The number of rotatable bonds is 7. The number of carbonyl (C=O) groups is 1. The Kier molecular flexibility index (Phi) is 6.36. The molecule has 0 fully saturated rings. The molecule has 1 aliphatic heterocycles. The third-order valence-electron chi connectivity index (χ3n) is 5.97. The third-order valence-corrected chi connectivity index (χ3v) is 5.97. The number of hydrogen-bond donors (Lipinski definition) is 2. The lowest BCUT2D eigenvalue weighted by atomic mass is 9.97. The molecule has 0 saturated carbocycles. The number of hydrogen-bond acceptors (Lipinski definition) is 8. The number of nitrogens with zero attached hydrogens (tertiary/aromatic N) is 5. The summed E-state index contributed by atoms with van der Waals surface area (Å²) in [6.07, 6.45) is 2.86. The molecule has 1 amide bonds. The summed E-state index contributed by atoms with van der Waals surface area (Å²) in [6, 6.07) is 16.5. The Labute approximate surface area is 202 Å². The Morgan fingerprint density at radius 3 is 2.89 bits per heavy atom. The van der Waals surface area contributed by atoms with Gasteiger partial charge in [0.15, 0.2) is 11.6 Å². The molecule has 2 unspecified atom stereocenters. The lowest BCUT2D eigenvalue weighted by Gasteiger charge is -2.33. The summed E-state index contributed by atoms with van der Waals surface area (Å²) < 4.78 is 13.2. The second-order valence-corrected chi connectivity index (χ2v) is 8.10. The fourth-order valence-electron chi connectivity index (χ4n) is 4.05. The maximum Gasteiger partial charge on any atom is 0.251 e. The second-order valence-electron chi connectivity index (χ2n) is 8.10. The van der Waals surface area contributed by atoms with Crippen LogP contribution in [0.5, 0.6) is 5.75 Å². The molecule has 5 rings (SSSR count). The summed E-state index contributed by atoms with van der Waals surface area (Å²) in [5, 5.41) is 14.9. The zero-order chi connectivity index (χ0) is 24.2. The quantitative estimate of drug-likeness (QED) is 0.423. The van der Waals surface area contributed by atoms with Crippen LogP contribution >= 0.6 is 0 Å². The Morgan fingerprint density at radius 2 is 2.06 bits per heavy atom. The number of aromatic nitrogens is 5. The standard InChI is InChI=1S/C25H25N7O3/c1-32-22(30-31-24(32)19-10-11-26-15-28-19)13-27-17-7-5-6-16(12-17)25(33)29-23-18-8-3-4-9-20(18)35-14-21(23)34-2/h3-12,15,21,23,27H,13-14H2,1-2H3,(H,29,33). The van der Waals surface area contributed by atoms with Crippen LogP contribution in [0.3, 0.4) is 0 Å². The highest BCUT2D eigenvalue weighted by atomic mass is 16.5. The number of ether oxygens (including phenoxy) is 2. The van der Waals surface area contributed by atoms with E-state index in [1.54, 1.807) is 25.4 Å². The maximum absolute atomic E-state index is 13.2. The first-order chi connectivity index (χ1) is 17.1. The largest absolute Gasteiger partial charge is 0.490 e. The molecule has 0 bridgehead atoms. The van der Waals surface area contributed by atoms with Crippen LogP contribution in [0.4, 0.5) is 5.69 Å². The van der Waals surface area contributed by atoms with Gasteiger partial charge in [0, 0.05) is 37.2 Å². The Bertz CT molecular complexity index is 1330. The minimum absolute atomic E-state index is 0.192. The molecule has 10 heteroatoms. The van der Waals surface area contributed by atoms with E-state index in [4.69, 9.17) is 9.47 Å². The van der Waals surface area contributed by atoms with Gasteiger partial charge in [-0.05, 0) is 30.3 Å². The summed E-state index contributed by atoms with van der Waals surface area (Å²) in [6.45, 7) is 0.799. The van der Waals surface area contributed by atoms with E-state index in [0.29, 0.717) is 30.2 Å². The van der Waals surface area contributed by atoms with Crippen LogP contribution < -0.4 is 15.4 Å². The summed E-state index contributed by atoms with van der Waals surface area (Å²) >= 11 is 0. The van der Waals surface area contributed by atoms with Gasteiger partial charge in [-0.3, -0.25) is 4.79 Å². The van der Waals surface area contributed by atoms with Gasteiger partial charge in [0.1, 0.15) is 30.5 Å². The first-order valence-corrected chi connectivity index (χ1v) is 11.2. The molecule has 1 aliphatic rings. The predicted octanol–water partition coefficient (Wildman–Crippen LogP) is 2.76. The van der Waals surface area contributed by atoms with E-state index in [1.165, 1.54) is 6.33 Å². The smallest absolute Gasteiger partial charge is 0.251 e. The fourth-order valence-corrected chi connectivity index (χ4v) is 4.05. The van der Waals surface area contributed by atoms with Crippen molar-refractivity contribution in [3.05, 3.63) is 84.1 Å². The molecule has 2 aromatic carbocycles. The van der Waals surface area contributed by atoms with Crippen molar-refractivity contribution >= 4 is 11.6 Å². The van der Waals surface area contributed by atoms with Crippen LogP contribution in [0.15, 0.2) is 67.1 Å². The summed E-state index contributed by atoms with van der Waals surface area (Å²) in [5.74, 6) is 1.95. The van der Waals surface area contributed by atoms with E-state index in [9.17, 15) is 4.79 Å². The minimum Gasteiger partial charge on any atom is -0.490 e. The molecule has 0 radical (unpaired) electrons. The Balaban J connectivity index is 1.28. The van der Waals surface area contributed by atoms with Gasteiger partial charge in [-0.15, -0.1) is 10.2 Å². The minimum atomic E-state index is -0.312. The monoisotopic (exact) mass is 471 g/mol. The zero-order valence-electron chi connectivity index (χ0n) is 19.4. The zero-order valence-corrected chi connectivity index (χ0v) is 19.4. The van der Waals surface area contributed by atoms with Gasteiger partial charge in [0.25, 0.3) is 5.91 Å². The molecule has 0 saturated heterocycles. The fraction of sp³-hybridized carbons (Fsp3) is 0.240. The lowest BCUT2D eigenvalue weighted by Crippen LogP contribution is -2.43. The highest BCUT2D eigenvalue weighted by Gasteiger charge is 2.32. The van der Waals surface area contributed by atoms with Crippen molar-refractivity contribution in [2.45, 2.75) is 18.7 Å².